The lowest BCUT2D eigenvalue weighted by Gasteiger charge is -2.15. The predicted molar refractivity (Wildman–Crippen MR) is 117 cm³/mol. The molecular formula is C20H18ClFN2O5S2. The minimum atomic E-state index is -4.14. The van der Waals surface area contributed by atoms with Gasteiger partial charge in [-0.1, -0.05) is 29.8 Å². The van der Waals surface area contributed by atoms with Crippen LogP contribution in [0.25, 0.3) is 0 Å². The molecule has 0 saturated carbocycles. The second kappa shape index (κ2) is 8.74. The Hall–Kier alpha value is -2.82. The number of rotatable bonds is 7. The summed E-state index contributed by atoms with van der Waals surface area (Å²) in [5.41, 5.74) is 0.755. The molecule has 3 aromatic rings. The maximum atomic E-state index is 13.4. The second-order valence-corrected chi connectivity index (χ2v) is 10.2. The van der Waals surface area contributed by atoms with Crippen LogP contribution in [0.1, 0.15) is 5.56 Å². The fraction of sp³-hybridized carbons (Fsp3) is 0.100. The van der Waals surface area contributed by atoms with Gasteiger partial charge in [0.1, 0.15) is 11.6 Å². The summed E-state index contributed by atoms with van der Waals surface area (Å²) in [6.07, 6.45) is 0. The van der Waals surface area contributed by atoms with Gasteiger partial charge in [0.25, 0.3) is 20.0 Å². The molecule has 0 aromatic heterocycles. The molecule has 0 radical (unpaired) electrons. The Kier molecular flexibility index (Phi) is 6.44. The summed E-state index contributed by atoms with van der Waals surface area (Å²) in [5, 5.41) is -0.350. The van der Waals surface area contributed by atoms with Gasteiger partial charge in [-0.2, -0.15) is 0 Å². The average molecular weight is 485 g/mol. The summed E-state index contributed by atoms with van der Waals surface area (Å²) in [4.78, 5) is -0.433. The van der Waals surface area contributed by atoms with Crippen molar-refractivity contribution in [3.63, 3.8) is 0 Å². The molecule has 0 heterocycles. The number of anilines is 2. The molecule has 0 aliphatic heterocycles. The zero-order chi connectivity index (χ0) is 22.8. The molecule has 164 valence electrons. The SMILES string of the molecule is COc1ccccc1NS(=O)(=O)c1ccc(C)c(NS(=O)(=O)c2ccc(F)c(Cl)c2)c1. The molecule has 3 rings (SSSR count). The highest BCUT2D eigenvalue weighted by Gasteiger charge is 2.21. The van der Waals surface area contributed by atoms with Crippen LogP contribution in [0.2, 0.25) is 5.02 Å². The summed E-state index contributed by atoms with van der Waals surface area (Å²) < 4.78 is 74.3. The minimum Gasteiger partial charge on any atom is -0.495 e. The molecule has 11 heteroatoms. The van der Waals surface area contributed by atoms with Gasteiger partial charge < -0.3 is 4.74 Å². The van der Waals surface area contributed by atoms with Crippen LogP contribution in [-0.2, 0) is 20.0 Å². The van der Waals surface area contributed by atoms with Crippen molar-refractivity contribution >= 4 is 43.0 Å². The molecule has 0 saturated heterocycles. The Balaban J connectivity index is 1.95. The lowest BCUT2D eigenvalue weighted by molar-refractivity contribution is 0.417. The van der Waals surface area contributed by atoms with Crippen LogP contribution in [0.15, 0.2) is 70.5 Å². The van der Waals surface area contributed by atoms with Crippen LogP contribution in [0.5, 0.6) is 5.75 Å². The fourth-order valence-corrected chi connectivity index (χ4v) is 5.15. The van der Waals surface area contributed by atoms with Crippen molar-refractivity contribution in [3.8, 4) is 5.75 Å². The number of benzene rings is 3. The highest BCUT2D eigenvalue weighted by atomic mass is 35.5. The molecule has 31 heavy (non-hydrogen) atoms. The molecule has 0 aliphatic carbocycles. The topological polar surface area (TPSA) is 102 Å². The molecule has 0 bridgehead atoms. The van der Waals surface area contributed by atoms with E-state index in [2.05, 4.69) is 9.44 Å². The van der Waals surface area contributed by atoms with Gasteiger partial charge in [0.05, 0.1) is 33.3 Å². The number of hydrogen-bond acceptors (Lipinski definition) is 5. The van der Waals surface area contributed by atoms with E-state index in [-0.39, 0.29) is 26.2 Å². The Morgan fingerprint density at radius 2 is 1.42 bits per heavy atom. The van der Waals surface area contributed by atoms with E-state index in [4.69, 9.17) is 16.3 Å². The number of methoxy groups -OCH3 is 1. The number of nitrogens with one attached hydrogen (secondary N) is 2. The highest BCUT2D eigenvalue weighted by Crippen LogP contribution is 2.29. The number of sulfonamides is 2. The van der Waals surface area contributed by atoms with Crippen LogP contribution < -0.4 is 14.2 Å². The Bertz CT molecular complexity index is 1350. The largest absolute Gasteiger partial charge is 0.495 e. The third kappa shape index (κ3) is 5.09. The van der Waals surface area contributed by atoms with Crippen LogP contribution in [0.4, 0.5) is 15.8 Å². The first kappa shape index (κ1) is 22.9. The fourth-order valence-electron chi connectivity index (χ4n) is 2.66. The quantitative estimate of drug-likeness (QED) is 0.517. The van der Waals surface area contributed by atoms with E-state index in [1.807, 2.05) is 0 Å². The average Bonchev–Trinajstić information content (AvgIpc) is 2.71. The third-order valence-corrected chi connectivity index (χ3v) is 7.33. The third-order valence-electron chi connectivity index (χ3n) is 4.32. The maximum Gasteiger partial charge on any atom is 0.262 e. The highest BCUT2D eigenvalue weighted by molar-refractivity contribution is 7.93. The maximum absolute atomic E-state index is 13.4. The number of ether oxygens (including phenoxy) is 1. The van der Waals surface area contributed by atoms with Crippen molar-refractivity contribution in [1.82, 2.24) is 0 Å². The van der Waals surface area contributed by atoms with Crippen molar-refractivity contribution in [2.24, 2.45) is 0 Å². The van der Waals surface area contributed by atoms with Crippen LogP contribution in [0, 0.1) is 12.7 Å². The molecule has 0 atom stereocenters. The first-order valence-corrected chi connectivity index (χ1v) is 12.1. The van der Waals surface area contributed by atoms with Gasteiger partial charge in [-0.05, 0) is 55.0 Å². The van der Waals surface area contributed by atoms with Gasteiger partial charge >= 0.3 is 0 Å². The molecule has 0 unspecified atom stereocenters. The summed E-state index contributed by atoms with van der Waals surface area (Å²) in [7, 11) is -6.79. The summed E-state index contributed by atoms with van der Waals surface area (Å²) in [6, 6.07) is 13.4. The molecule has 7 nitrogen and oxygen atoms in total. The first-order chi connectivity index (χ1) is 14.5. The molecule has 0 aliphatic rings. The number of halogens is 2. The molecule has 0 amide bonds. The normalized spacial score (nSPS) is 11.7. The van der Waals surface area contributed by atoms with Crippen molar-refractivity contribution < 1.29 is 26.0 Å². The van der Waals surface area contributed by atoms with E-state index >= 15 is 0 Å². The van der Waals surface area contributed by atoms with E-state index in [0.717, 1.165) is 18.2 Å². The molecule has 2 N–H and O–H groups in total. The summed E-state index contributed by atoms with van der Waals surface area (Å²) in [5.74, 6) is -0.431. The van der Waals surface area contributed by atoms with Crippen LogP contribution in [-0.4, -0.2) is 23.9 Å². The van der Waals surface area contributed by atoms with E-state index in [1.54, 1.807) is 25.1 Å². The van der Waals surface area contributed by atoms with Gasteiger partial charge in [0, 0.05) is 0 Å². The monoisotopic (exact) mass is 484 g/mol. The lowest BCUT2D eigenvalue weighted by Crippen LogP contribution is -2.16. The summed E-state index contributed by atoms with van der Waals surface area (Å²) >= 11 is 5.68. The molecule has 0 fully saturated rings. The van der Waals surface area contributed by atoms with E-state index < -0.39 is 25.9 Å². The molecule has 3 aromatic carbocycles. The van der Waals surface area contributed by atoms with Gasteiger partial charge in [-0.15, -0.1) is 0 Å². The second-order valence-electron chi connectivity index (χ2n) is 6.46. The minimum absolute atomic E-state index is 0.0448. The standard InChI is InChI=1S/C20H18ClFN2O5S2/c1-13-7-8-15(31(27,28)23-18-5-3-4-6-20(18)29-2)12-19(13)24-30(25,26)14-9-10-17(22)16(21)11-14/h3-12,23-24H,1-2H3. The van der Waals surface area contributed by atoms with Crippen molar-refractivity contribution in [1.29, 1.82) is 0 Å². The smallest absolute Gasteiger partial charge is 0.262 e. The van der Waals surface area contributed by atoms with Gasteiger partial charge in [0.2, 0.25) is 0 Å². The Labute approximate surface area is 184 Å². The zero-order valence-electron chi connectivity index (χ0n) is 16.4. The van der Waals surface area contributed by atoms with E-state index in [1.165, 1.54) is 31.4 Å². The van der Waals surface area contributed by atoms with Gasteiger partial charge in [0.15, 0.2) is 0 Å². The number of para-hydroxylation sites is 2. The zero-order valence-corrected chi connectivity index (χ0v) is 18.8. The van der Waals surface area contributed by atoms with Crippen molar-refractivity contribution in [2.45, 2.75) is 16.7 Å². The Morgan fingerprint density at radius 1 is 0.839 bits per heavy atom. The predicted octanol–water partition coefficient (Wildman–Crippen LogP) is 4.40. The Morgan fingerprint density at radius 3 is 2.06 bits per heavy atom. The summed E-state index contributed by atoms with van der Waals surface area (Å²) in [6.45, 7) is 1.61. The van der Waals surface area contributed by atoms with Gasteiger partial charge in [-0.3, -0.25) is 9.44 Å². The van der Waals surface area contributed by atoms with E-state index in [0.29, 0.717) is 11.3 Å². The van der Waals surface area contributed by atoms with Crippen LogP contribution in [0.3, 0.4) is 0 Å². The first-order valence-electron chi connectivity index (χ1n) is 8.78. The lowest BCUT2D eigenvalue weighted by atomic mass is 10.2. The van der Waals surface area contributed by atoms with E-state index in [9.17, 15) is 21.2 Å². The number of aryl methyl sites for hydroxylation is 1. The van der Waals surface area contributed by atoms with Crippen molar-refractivity contribution in [3.05, 3.63) is 77.1 Å². The number of hydrogen-bond donors (Lipinski definition) is 2. The van der Waals surface area contributed by atoms with Crippen LogP contribution >= 0.6 is 11.6 Å². The van der Waals surface area contributed by atoms with Gasteiger partial charge in [-0.25, -0.2) is 21.2 Å². The molecular weight excluding hydrogens is 467 g/mol. The van der Waals surface area contributed by atoms with Crippen molar-refractivity contribution in [2.75, 3.05) is 16.6 Å². The molecule has 0 spiro atoms.